The van der Waals surface area contributed by atoms with Crippen molar-refractivity contribution in [3.63, 3.8) is 0 Å². The van der Waals surface area contributed by atoms with Crippen LogP contribution >= 0.6 is 11.3 Å². The van der Waals surface area contributed by atoms with E-state index in [0.29, 0.717) is 11.9 Å². The van der Waals surface area contributed by atoms with E-state index < -0.39 is 0 Å². The number of aromatic nitrogens is 1. The third-order valence-corrected chi connectivity index (χ3v) is 5.30. The summed E-state index contributed by atoms with van der Waals surface area (Å²) in [5.41, 5.74) is 8.80. The van der Waals surface area contributed by atoms with E-state index in [1.54, 1.807) is 11.3 Å². The highest BCUT2D eigenvalue weighted by molar-refractivity contribution is 7.13. The standard InChI is InChI=1S/C18H25N5S/c1-14-3-5-16(6-4-14)15(2)13-21-17(19)22-8-10-23(11-9-22)18-20-7-12-24-18/h3-7,12,15H,8-11,13H2,1-2H3,(H2,19,21). The van der Waals surface area contributed by atoms with Crippen molar-refractivity contribution in [2.24, 2.45) is 10.7 Å². The molecular formula is C18H25N5S. The predicted octanol–water partition coefficient (Wildman–Crippen LogP) is 2.69. The van der Waals surface area contributed by atoms with E-state index in [2.05, 4.69) is 57.9 Å². The van der Waals surface area contributed by atoms with Crippen LogP contribution in [-0.2, 0) is 0 Å². The van der Waals surface area contributed by atoms with Gasteiger partial charge < -0.3 is 15.5 Å². The summed E-state index contributed by atoms with van der Waals surface area (Å²) in [5, 5.41) is 3.11. The Morgan fingerprint density at radius 2 is 1.96 bits per heavy atom. The van der Waals surface area contributed by atoms with Crippen molar-refractivity contribution in [1.29, 1.82) is 0 Å². The van der Waals surface area contributed by atoms with E-state index >= 15 is 0 Å². The van der Waals surface area contributed by atoms with Crippen molar-refractivity contribution < 1.29 is 0 Å². The molecule has 128 valence electrons. The normalized spacial score (nSPS) is 17.2. The van der Waals surface area contributed by atoms with Crippen molar-refractivity contribution in [3.8, 4) is 0 Å². The third-order valence-electron chi connectivity index (χ3n) is 4.47. The second-order valence-corrected chi connectivity index (χ2v) is 7.17. The van der Waals surface area contributed by atoms with Crippen molar-refractivity contribution in [3.05, 3.63) is 47.0 Å². The van der Waals surface area contributed by atoms with Gasteiger partial charge in [-0.1, -0.05) is 36.8 Å². The summed E-state index contributed by atoms with van der Waals surface area (Å²) < 4.78 is 0. The fraction of sp³-hybridized carbons (Fsp3) is 0.444. The molecule has 1 aliphatic heterocycles. The molecule has 0 radical (unpaired) electrons. The summed E-state index contributed by atoms with van der Waals surface area (Å²) in [4.78, 5) is 13.5. The number of nitrogens with zero attached hydrogens (tertiary/aromatic N) is 4. The van der Waals surface area contributed by atoms with E-state index in [4.69, 9.17) is 5.73 Å². The van der Waals surface area contributed by atoms with Gasteiger partial charge in [0, 0.05) is 50.2 Å². The molecule has 24 heavy (non-hydrogen) atoms. The summed E-state index contributed by atoms with van der Waals surface area (Å²) in [5.74, 6) is 1.04. The summed E-state index contributed by atoms with van der Waals surface area (Å²) in [6, 6.07) is 8.66. The van der Waals surface area contributed by atoms with Gasteiger partial charge in [0.2, 0.25) is 0 Å². The van der Waals surface area contributed by atoms with E-state index in [-0.39, 0.29) is 0 Å². The van der Waals surface area contributed by atoms with E-state index in [0.717, 1.165) is 37.9 Å². The first kappa shape index (κ1) is 16.8. The molecule has 1 aliphatic rings. The summed E-state index contributed by atoms with van der Waals surface area (Å²) in [6.07, 6.45) is 1.86. The van der Waals surface area contributed by atoms with Gasteiger partial charge in [-0.15, -0.1) is 11.3 Å². The molecule has 0 aliphatic carbocycles. The number of hydrogen-bond acceptors (Lipinski definition) is 4. The van der Waals surface area contributed by atoms with Gasteiger partial charge in [-0.05, 0) is 12.5 Å². The van der Waals surface area contributed by atoms with E-state index in [9.17, 15) is 0 Å². The van der Waals surface area contributed by atoms with Crippen LogP contribution in [0.1, 0.15) is 24.0 Å². The van der Waals surface area contributed by atoms with Crippen LogP contribution in [-0.4, -0.2) is 48.6 Å². The lowest BCUT2D eigenvalue weighted by atomic mass is 10.0. The number of nitrogens with two attached hydrogens (primary N) is 1. The zero-order chi connectivity index (χ0) is 16.9. The van der Waals surface area contributed by atoms with Gasteiger partial charge in [-0.3, -0.25) is 4.99 Å². The van der Waals surface area contributed by atoms with E-state index in [1.807, 2.05) is 11.6 Å². The van der Waals surface area contributed by atoms with Gasteiger partial charge in [0.05, 0.1) is 0 Å². The molecular weight excluding hydrogens is 318 g/mol. The number of aliphatic imine (C=N–C) groups is 1. The van der Waals surface area contributed by atoms with Crippen molar-refractivity contribution >= 4 is 22.4 Å². The molecule has 2 N–H and O–H groups in total. The minimum atomic E-state index is 0.376. The maximum absolute atomic E-state index is 6.21. The quantitative estimate of drug-likeness (QED) is 0.685. The number of anilines is 1. The van der Waals surface area contributed by atoms with Crippen LogP contribution in [0.15, 0.2) is 40.8 Å². The van der Waals surface area contributed by atoms with Crippen LogP contribution in [0.3, 0.4) is 0 Å². The molecule has 1 unspecified atom stereocenters. The molecule has 2 heterocycles. The molecule has 5 nitrogen and oxygen atoms in total. The molecule has 1 aromatic heterocycles. The summed E-state index contributed by atoms with van der Waals surface area (Å²) >= 11 is 1.69. The van der Waals surface area contributed by atoms with Crippen LogP contribution < -0.4 is 10.6 Å². The Labute approximate surface area is 147 Å². The van der Waals surface area contributed by atoms with Crippen LogP contribution in [0, 0.1) is 6.92 Å². The maximum Gasteiger partial charge on any atom is 0.191 e. The second-order valence-electron chi connectivity index (χ2n) is 6.30. The Bertz CT molecular complexity index is 657. The predicted molar refractivity (Wildman–Crippen MR) is 102 cm³/mol. The third kappa shape index (κ3) is 4.06. The van der Waals surface area contributed by atoms with Crippen LogP contribution in [0.2, 0.25) is 0 Å². The van der Waals surface area contributed by atoms with Crippen molar-refractivity contribution in [2.45, 2.75) is 19.8 Å². The van der Waals surface area contributed by atoms with E-state index in [1.165, 1.54) is 11.1 Å². The number of aryl methyl sites for hydroxylation is 1. The van der Waals surface area contributed by atoms with Gasteiger partial charge in [0.15, 0.2) is 11.1 Å². The Hall–Kier alpha value is -2.08. The van der Waals surface area contributed by atoms with Crippen LogP contribution in [0.4, 0.5) is 5.13 Å². The molecule has 0 bridgehead atoms. The molecule has 1 aromatic carbocycles. The van der Waals surface area contributed by atoms with Gasteiger partial charge in [0.25, 0.3) is 0 Å². The number of piperazine rings is 1. The zero-order valence-corrected chi connectivity index (χ0v) is 15.2. The van der Waals surface area contributed by atoms with Gasteiger partial charge >= 0.3 is 0 Å². The Kier molecular flexibility index (Phi) is 5.35. The SMILES string of the molecule is Cc1ccc(C(C)CN=C(N)N2CCN(c3nccs3)CC2)cc1. The smallest absolute Gasteiger partial charge is 0.191 e. The lowest BCUT2D eigenvalue weighted by molar-refractivity contribution is 0.380. The highest BCUT2D eigenvalue weighted by atomic mass is 32.1. The van der Waals surface area contributed by atoms with Crippen LogP contribution in [0.5, 0.6) is 0 Å². The van der Waals surface area contributed by atoms with Gasteiger partial charge in [0.1, 0.15) is 0 Å². The first-order valence-corrected chi connectivity index (χ1v) is 9.27. The molecule has 3 rings (SSSR count). The minimum absolute atomic E-state index is 0.376. The number of guanidine groups is 1. The molecule has 6 heteroatoms. The topological polar surface area (TPSA) is 57.8 Å². The van der Waals surface area contributed by atoms with Gasteiger partial charge in [-0.25, -0.2) is 4.98 Å². The average molecular weight is 344 g/mol. The number of hydrogen-bond donors (Lipinski definition) is 1. The van der Waals surface area contributed by atoms with Crippen molar-refractivity contribution in [2.75, 3.05) is 37.6 Å². The largest absolute Gasteiger partial charge is 0.370 e. The Morgan fingerprint density at radius 3 is 2.58 bits per heavy atom. The molecule has 2 aromatic rings. The maximum atomic E-state index is 6.21. The molecule has 1 saturated heterocycles. The summed E-state index contributed by atoms with van der Waals surface area (Å²) in [7, 11) is 0. The highest BCUT2D eigenvalue weighted by Crippen LogP contribution is 2.19. The lowest BCUT2D eigenvalue weighted by Crippen LogP contribution is -2.51. The average Bonchev–Trinajstić information content (AvgIpc) is 3.15. The fourth-order valence-electron chi connectivity index (χ4n) is 2.83. The first-order chi connectivity index (χ1) is 11.6. The van der Waals surface area contributed by atoms with Gasteiger partial charge in [-0.2, -0.15) is 0 Å². The lowest BCUT2D eigenvalue weighted by Gasteiger charge is -2.35. The molecule has 0 spiro atoms. The second kappa shape index (κ2) is 7.66. The Morgan fingerprint density at radius 1 is 1.25 bits per heavy atom. The summed E-state index contributed by atoms with van der Waals surface area (Å²) in [6.45, 7) is 8.70. The monoisotopic (exact) mass is 343 g/mol. The zero-order valence-electron chi connectivity index (χ0n) is 14.4. The first-order valence-electron chi connectivity index (χ1n) is 8.39. The molecule has 1 atom stereocenters. The Balaban J connectivity index is 1.52. The number of benzene rings is 1. The highest BCUT2D eigenvalue weighted by Gasteiger charge is 2.19. The van der Waals surface area contributed by atoms with Crippen LogP contribution in [0.25, 0.3) is 0 Å². The fourth-order valence-corrected chi connectivity index (χ4v) is 3.53. The number of thiazole rings is 1. The molecule has 1 fully saturated rings. The molecule has 0 amide bonds. The van der Waals surface area contributed by atoms with Crippen molar-refractivity contribution in [1.82, 2.24) is 9.88 Å². The number of rotatable bonds is 4. The molecule has 0 saturated carbocycles. The minimum Gasteiger partial charge on any atom is -0.370 e.